The second kappa shape index (κ2) is 6.10. The molecule has 0 aromatic carbocycles. The summed E-state index contributed by atoms with van der Waals surface area (Å²) in [6, 6.07) is 1.90. The Morgan fingerprint density at radius 2 is 2.00 bits per heavy atom. The van der Waals surface area contributed by atoms with Gasteiger partial charge < -0.3 is 19.8 Å². The molecule has 0 bridgehead atoms. The van der Waals surface area contributed by atoms with Gasteiger partial charge in [-0.15, -0.1) is 0 Å². The van der Waals surface area contributed by atoms with E-state index in [0.29, 0.717) is 13.1 Å². The third-order valence-corrected chi connectivity index (χ3v) is 2.32. The Morgan fingerprint density at radius 3 is 2.53 bits per heavy atom. The van der Waals surface area contributed by atoms with Crippen LogP contribution in [0.1, 0.15) is 40.2 Å². The van der Waals surface area contributed by atoms with Crippen LogP contribution in [0, 0.1) is 0 Å². The molecule has 108 valence electrons. The van der Waals surface area contributed by atoms with Gasteiger partial charge in [0.1, 0.15) is 5.60 Å². The molecule has 1 aromatic heterocycles. The van der Waals surface area contributed by atoms with Crippen LogP contribution in [0.2, 0.25) is 0 Å². The van der Waals surface area contributed by atoms with Gasteiger partial charge in [0.25, 0.3) is 0 Å². The molecule has 2 N–H and O–H groups in total. The monoisotopic (exact) mass is 268 g/mol. The number of nitrogens with one attached hydrogen (secondary N) is 2. The molecule has 5 nitrogen and oxygen atoms in total. The highest BCUT2D eigenvalue weighted by Crippen LogP contribution is 2.09. The van der Waals surface area contributed by atoms with E-state index < -0.39 is 11.7 Å². The van der Waals surface area contributed by atoms with E-state index in [9.17, 15) is 4.79 Å². The quantitative estimate of drug-likeness (QED) is 0.861. The van der Waals surface area contributed by atoms with Crippen molar-refractivity contribution in [2.45, 2.75) is 52.3 Å². The molecule has 0 aliphatic heterocycles. The van der Waals surface area contributed by atoms with Crippen LogP contribution in [0.25, 0.3) is 0 Å². The van der Waals surface area contributed by atoms with Crippen molar-refractivity contribution >= 4 is 6.09 Å². The first-order chi connectivity index (χ1) is 8.68. The molecular weight excluding hydrogens is 244 g/mol. The van der Waals surface area contributed by atoms with Gasteiger partial charge in [0.05, 0.1) is 18.1 Å². The van der Waals surface area contributed by atoms with Crippen molar-refractivity contribution < 1.29 is 13.9 Å². The van der Waals surface area contributed by atoms with Crippen LogP contribution in [0.5, 0.6) is 0 Å². The van der Waals surface area contributed by atoms with Crippen molar-refractivity contribution in [2.75, 3.05) is 6.54 Å². The number of alkyl carbamates (subject to hydrolysis) is 1. The van der Waals surface area contributed by atoms with E-state index in [1.54, 1.807) is 12.5 Å². The Labute approximate surface area is 114 Å². The summed E-state index contributed by atoms with van der Waals surface area (Å²) in [5, 5.41) is 6.11. The van der Waals surface area contributed by atoms with Crippen LogP contribution in [-0.2, 0) is 11.3 Å². The summed E-state index contributed by atoms with van der Waals surface area (Å²) in [6.45, 7) is 10.8. The lowest BCUT2D eigenvalue weighted by molar-refractivity contribution is 0.0472. The summed E-state index contributed by atoms with van der Waals surface area (Å²) in [7, 11) is 0. The average Bonchev–Trinajstić information content (AvgIpc) is 2.65. The fourth-order valence-electron chi connectivity index (χ4n) is 1.54. The van der Waals surface area contributed by atoms with Crippen LogP contribution >= 0.6 is 0 Å². The fraction of sp³-hybridized carbons (Fsp3) is 0.643. The Morgan fingerprint density at radius 1 is 1.32 bits per heavy atom. The maximum atomic E-state index is 11.7. The SMILES string of the molecule is CC(C)(CNCc1ccoc1)NC(=O)OC(C)(C)C. The Hall–Kier alpha value is -1.49. The number of furan rings is 1. The second-order valence-electron chi connectivity index (χ2n) is 6.25. The first kappa shape index (κ1) is 15.6. The van der Waals surface area contributed by atoms with Crippen molar-refractivity contribution in [3.05, 3.63) is 24.2 Å². The minimum absolute atomic E-state index is 0.383. The number of rotatable bonds is 5. The molecule has 0 aliphatic carbocycles. The maximum Gasteiger partial charge on any atom is 0.408 e. The molecule has 0 saturated carbocycles. The minimum Gasteiger partial charge on any atom is -0.472 e. The zero-order valence-corrected chi connectivity index (χ0v) is 12.4. The lowest BCUT2D eigenvalue weighted by Crippen LogP contribution is -2.51. The van der Waals surface area contributed by atoms with Crippen molar-refractivity contribution in [3.8, 4) is 0 Å². The van der Waals surface area contributed by atoms with Gasteiger partial charge in [-0.1, -0.05) is 0 Å². The standard InChI is InChI=1S/C14H24N2O3/c1-13(2,3)19-12(17)16-14(4,5)10-15-8-11-6-7-18-9-11/h6-7,9,15H,8,10H2,1-5H3,(H,16,17). The molecule has 0 spiro atoms. The normalized spacial score (nSPS) is 12.3. The van der Waals surface area contributed by atoms with E-state index in [1.165, 1.54) is 0 Å². The first-order valence-electron chi connectivity index (χ1n) is 6.41. The Balaban J connectivity index is 2.32. The molecule has 1 heterocycles. The molecule has 19 heavy (non-hydrogen) atoms. The van der Waals surface area contributed by atoms with E-state index in [0.717, 1.165) is 5.56 Å². The zero-order valence-electron chi connectivity index (χ0n) is 12.4. The summed E-state index contributed by atoms with van der Waals surface area (Å²) >= 11 is 0. The van der Waals surface area contributed by atoms with Crippen LogP contribution in [-0.4, -0.2) is 23.8 Å². The lowest BCUT2D eigenvalue weighted by Gasteiger charge is -2.28. The number of ether oxygens (including phenoxy) is 1. The molecule has 0 atom stereocenters. The summed E-state index contributed by atoms with van der Waals surface area (Å²) in [4.78, 5) is 11.7. The zero-order chi connectivity index (χ0) is 14.5. The van der Waals surface area contributed by atoms with Crippen molar-refractivity contribution in [3.63, 3.8) is 0 Å². The molecular formula is C14H24N2O3. The van der Waals surface area contributed by atoms with Gasteiger partial charge in [0.2, 0.25) is 0 Å². The molecule has 1 amide bonds. The molecule has 1 rings (SSSR count). The molecule has 0 aliphatic rings. The van der Waals surface area contributed by atoms with Crippen molar-refractivity contribution in [2.24, 2.45) is 0 Å². The third kappa shape index (κ3) is 6.86. The van der Waals surface area contributed by atoms with Gasteiger partial charge in [-0.2, -0.15) is 0 Å². The van der Waals surface area contributed by atoms with E-state index in [4.69, 9.17) is 9.15 Å². The van der Waals surface area contributed by atoms with Crippen LogP contribution in [0.3, 0.4) is 0 Å². The fourth-order valence-corrected chi connectivity index (χ4v) is 1.54. The van der Waals surface area contributed by atoms with Gasteiger partial charge in [-0.3, -0.25) is 0 Å². The molecule has 0 saturated heterocycles. The van der Waals surface area contributed by atoms with Crippen molar-refractivity contribution in [1.29, 1.82) is 0 Å². The van der Waals surface area contributed by atoms with E-state index >= 15 is 0 Å². The second-order valence-corrected chi connectivity index (χ2v) is 6.25. The maximum absolute atomic E-state index is 11.7. The topological polar surface area (TPSA) is 63.5 Å². The highest BCUT2D eigenvalue weighted by Gasteiger charge is 2.24. The summed E-state index contributed by atoms with van der Waals surface area (Å²) in [5.74, 6) is 0. The van der Waals surface area contributed by atoms with Crippen LogP contribution in [0.15, 0.2) is 23.0 Å². The Bertz CT molecular complexity index is 391. The minimum atomic E-state index is -0.482. The molecule has 1 aromatic rings. The van der Waals surface area contributed by atoms with Gasteiger partial charge in [-0.05, 0) is 40.7 Å². The number of hydrogen-bond donors (Lipinski definition) is 2. The number of hydrogen-bond acceptors (Lipinski definition) is 4. The van der Waals surface area contributed by atoms with Gasteiger partial charge in [0, 0.05) is 18.7 Å². The average molecular weight is 268 g/mol. The third-order valence-electron chi connectivity index (χ3n) is 2.32. The highest BCUT2D eigenvalue weighted by atomic mass is 16.6. The van der Waals surface area contributed by atoms with E-state index in [-0.39, 0.29) is 5.54 Å². The highest BCUT2D eigenvalue weighted by molar-refractivity contribution is 5.68. The lowest BCUT2D eigenvalue weighted by atomic mass is 10.1. The molecule has 0 radical (unpaired) electrons. The predicted octanol–water partition coefficient (Wildman–Crippen LogP) is 2.67. The number of carbonyl (C=O) groups excluding carboxylic acids is 1. The predicted molar refractivity (Wildman–Crippen MR) is 73.9 cm³/mol. The smallest absolute Gasteiger partial charge is 0.408 e. The molecule has 5 heteroatoms. The van der Waals surface area contributed by atoms with Gasteiger partial charge in [-0.25, -0.2) is 4.79 Å². The van der Waals surface area contributed by atoms with Crippen LogP contribution in [0.4, 0.5) is 4.79 Å². The van der Waals surface area contributed by atoms with Gasteiger partial charge >= 0.3 is 6.09 Å². The van der Waals surface area contributed by atoms with Crippen molar-refractivity contribution in [1.82, 2.24) is 10.6 Å². The summed E-state index contributed by atoms with van der Waals surface area (Å²) in [5.41, 5.74) is 0.212. The summed E-state index contributed by atoms with van der Waals surface area (Å²) in [6.07, 6.45) is 2.94. The Kier molecular flexibility index (Phi) is 5.00. The van der Waals surface area contributed by atoms with E-state index in [1.807, 2.05) is 40.7 Å². The summed E-state index contributed by atoms with van der Waals surface area (Å²) < 4.78 is 10.2. The first-order valence-corrected chi connectivity index (χ1v) is 6.41. The molecule has 0 unspecified atom stereocenters. The molecule has 0 fully saturated rings. The number of carbonyl (C=O) groups is 1. The van der Waals surface area contributed by atoms with Gasteiger partial charge in [0.15, 0.2) is 0 Å². The largest absolute Gasteiger partial charge is 0.472 e. The van der Waals surface area contributed by atoms with Crippen LogP contribution < -0.4 is 10.6 Å². The van der Waals surface area contributed by atoms with E-state index in [2.05, 4.69) is 10.6 Å². The number of amides is 1.